The van der Waals surface area contributed by atoms with E-state index in [9.17, 15) is 19.5 Å². The third-order valence-electron chi connectivity index (χ3n) is 4.97. The maximum Gasteiger partial charge on any atom is 0.377 e. The van der Waals surface area contributed by atoms with Gasteiger partial charge in [0.2, 0.25) is 5.60 Å². The normalized spacial score (nSPS) is 32.6. The van der Waals surface area contributed by atoms with Gasteiger partial charge in [-0.1, -0.05) is 25.7 Å². The van der Waals surface area contributed by atoms with Crippen LogP contribution in [0.15, 0.2) is 0 Å². The van der Waals surface area contributed by atoms with Gasteiger partial charge >= 0.3 is 11.9 Å². The molecule has 1 heterocycles. The van der Waals surface area contributed by atoms with Gasteiger partial charge in [0.05, 0.1) is 0 Å². The van der Waals surface area contributed by atoms with Crippen LogP contribution in [0.25, 0.3) is 0 Å². The topological polar surface area (TPSA) is 80.7 Å². The number of ketones is 1. The average molecular weight is 358 g/mol. The Labute approximate surface area is 144 Å². The van der Waals surface area contributed by atoms with E-state index in [0.29, 0.717) is 5.25 Å². The highest BCUT2D eigenvalue weighted by atomic mass is 32.2. The van der Waals surface area contributed by atoms with Crippen molar-refractivity contribution in [2.45, 2.75) is 72.7 Å². The Balaban J connectivity index is 1.77. The number of Topliss-reactive ketones (excluding diaryl/α,β-unsaturated/α-hetero) is 1. The van der Waals surface area contributed by atoms with E-state index in [-0.39, 0.29) is 11.0 Å². The van der Waals surface area contributed by atoms with Crippen molar-refractivity contribution in [2.24, 2.45) is 0 Å². The van der Waals surface area contributed by atoms with Crippen molar-refractivity contribution in [2.75, 3.05) is 5.75 Å². The van der Waals surface area contributed by atoms with Crippen molar-refractivity contribution < 1.29 is 24.2 Å². The summed E-state index contributed by atoms with van der Waals surface area (Å²) in [6.45, 7) is 0. The molecule has 2 atom stereocenters. The molecule has 2 saturated carbocycles. The van der Waals surface area contributed by atoms with E-state index in [1.807, 2.05) is 0 Å². The number of aliphatic carboxylic acids is 1. The monoisotopic (exact) mass is 358 g/mol. The third-order valence-corrected chi connectivity index (χ3v) is 8.23. The van der Waals surface area contributed by atoms with Crippen LogP contribution in [0.2, 0.25) is 0 Å². The molecule has 0 bridgehead atoms. The molecule has 2 aliphatic carbocycles. The Bertz CT molecular complexity index is 497. The Morgan fingerprint density at radius 2 is 1.65 bits per heavy atom. The van der Waals surface area contributed by atoms with E-state index < -0.39 is 28.6 Å². The standard InChI is InChI=1S/C16H22O5S2/c17-12-13(23-11-7-3-4-8-11)16(15(19)20,21-14(12)18)9-22-10-5-1-2-6-10/h10-11,13H,1-9H2,(H,19,20). The van der Waals surface area contributed by atoms with Gasteiger partial charge < -0.3 is 9.84 Å². The van der Waals surface area contributed by atoms with Gasteiger partial charge in [-0.3, -0.25) is 4.79 Å². The predicted octanol–water partition coefficient (Wildman–Crippen LogP) is 2.66. The summed E-state index contributed by atoms with van der Waals surface area (Å²) < 4.78 is 5.18. The molecule has 0 aromatic carbocycles. The lowest BCUT2D eigenvalue weighted by atomic mass is 10.0. The fourth-order valence-corrected chi connectivity index (χ4v) is 6.86. The van der Waals surface area contributed by atoms with Gasteiger partial charge in [0, 0.05) is 16.3 Å². The van der Waals surface area contributed by atoms with E-state index >= 15 is 0 Å². The molecule has 3 rings (SSSR count). The first-order valence-electron chi connectivity index (χ1n) is 8.30. The fourth-order valence-electron chi connectivity index (χ4n) is 3.60. The summed E-state index contributed by atoms with van der Waals surface area (Å²) >= 11 is 2.91. The Morgan fingerprint density at radius 3 is 2.22 bits per heavy atom. The Hall–Kier alpha value is -0.690. The number of hydrogen-bond donors (Lipinski definition) is 1. The van der Waals surface area contributed by atoms with Gasteiger partial charge in [-0.2, -0.15) is 11.8 Å². The second kappa shape index (κ2) is 7.05. The summed E-state index contributed by atoms with van der Waals surface area (Å²) in [5, 5.41) is 9.54. The van der Waals surface area contributed by atoms with Crippen LogP contribution < -0.4 is 0 Å². The summed E-state index contributed by atoms with van der Waals surface area (Å²) in [6, 6.07) is 0. The number of rotatable bonds is 6. The minimum atomic E-state index is -1.69. The van der Waals surface area contributed by atoms with Gasteiger partial charge in [-0.15, -0.1) is 11.8 Å². The Morgan fingerprint density at radius 1 is 1.09 bits per heavy atom. The molecule has 3 aliphatic rings. The number of hydrogen-bond acceptors (Lipinski definition) is 6. The first kappa shape index (κ1) is 17.1. The van der Waals surface area contributed by atoms with E-state index in [0.717, 1.165) is 51.4 Å². The number of carboxylic acid groups (broad SMARTS) is 1. The molecule has 0 spiro atoms. The first-order valence-corrected chi connectivity index (χ1v) is 10.3. The van der Waals surface area contributed by atoms with Crippen molar-refractivity contribution in [1.29, 1.82) is 0 Å². The number of carbonyl (C=O) groups is 3. The molecule has 1 saturated heterocycles. The lowest BCUT2D eigenvalue weighted by Crippen LogP contribution is -2.50. The molecule has 0 aromatic heterocycles. The molecule has 1 N–H and O–H groups in total. The van der Waals surface area contributed by atoms with Crippen molar-refractivity contribution in [3.8, 4) is 0 Å². The summed E-state index contributed by atoms with van der Waals surface area (Å²) in [5.41, 5.74) is -1.69. The zero-order valence-electron chi connectivity index (χ0n) is 13.0. The molecular weight excluding hydrogens is 336 g/mol. The Kier molecular flexibility index (Phi) is 5.26. The average Bonchev–Trinajstić information content (AvgIpc) is 3.24. The molecule has 3 fully saturated rings. The summed E-state index contributed by atoms with van der Waals surface area (Å²) in [7, 11) is 0. The predicted molar refractivity (Wildman–Crippen MR) is 89.8 cm³/mol. The van der Waals surface area contributed by atoms with Crippen LogP contribution in [-0.2, 0) is 19.1 Å². The molecule has 5 nitrogen and oxygen atoms in total. The van der Waals surface area contributed by atoms with Gasteiger partial charge in [0.25, 0.3) is 5.78 Å². The number of carbonyl (C=O) groups excluding carboxylic acids is 2. The number of cyclic esters (lactones) is 1. The van der Waals surface area contributed by atoms with Gasteiger partial charge in [0.1, 0.15) is 5.25 Å². The molecular formula is C16H22O5S2. The van der Waals surface area contributed by atoms with Gasteiger partial charge in [-0.05, 0) is 25.7 Å². The summed E-state index contributed by atoms with van der Waals surface area (Å²) in [5.74, 6) is -2.65. The molecule has 7 heteroatoms. The molecule has 0 amide bonds. The zero-order valence-corrected chi connectivity index (χ0v) is 14.6. The largest absolute Gasteiger partial charge is 0.478 e. The zero-order chi connectivity index (χ0) is 16.4. The van der Waals surface area contributed by atoms with E-state index in [4.69, 9.17) is 4.74 Å². The lowest BCUT2D eigenvalue weighted by molar-refractivity contribution is -0.167. The van der Waals surface area contributed by atoms with Crippen molar-refractivity contribution in [3.63, 3.8) is 0 Å². The fraction of sp³-hybridized carbons (Fsp3) is 0.812. The highest BCUT2D eigenvalue weighted by Gasteiger charge is 2.61. The van der Waals surface area contributed by atoms with Crippen LogP contribution in [0, 0.1) is 0 Å². The van der Waals surface area contributed by atoms with Gasteiger partial charge in [-0.25, -0.2) is 9.59 Å². The quantitative estimate of drug-likeness (QED) is 0.577. The van der Waals surface area contributed by atoms with Crippen LogP contribution in [0.5, 0.6) is 0 Å². The highest BCUT2D eigenvalue weighted by molar-refractivity contribution is 8.02. The number of ether oxygens (including phenoxy) is 1. The van der Waals surface area contributed by atoms with Crippen LogP contribution in [-0.4, -0.2) is 49.9 Å². The number of esters is 1. The molecule has 2 unspecified atom stereocenters. The second-order valence-electron chi connectivity index (χ2n) is 6.59. The van der Waals surface area contributed by atoms with Gasteiger partial charge in [0.15, 0.2) is 0 Å². The first-order chi connectivity index (χ1) is 11.0. The van der Waals surface area contributed by atoms with Crippen LogP contribution in [0.3, 0.4) is 0 Å². The van der Waals surface area contributed by atoms with Crippen LogP contribution in [0.4, 0.5) is 0 Å². The second-order valence-corrected chi connectivity index (χ2v) is 9.29. The smallest absolute Gasteiger partial charge is 0.377 e. The van der Waals surface area contributed by atoms with E-state index in [1.54, 1.807) is 11.8 Å². The molecule has 23 heavy (non-hydrogen) atoms. The maximum atomic E-state index is 12.2. The molecule has 128 valence electrons. The summed E-state index contributed by atoms with van der Waals surface area (Å²) in [4.78, 5) is 36.0. The number of carboxylic acids is 1. The van der Waals surface area contributed by atoms with Crippen LogP contribution in [0.1, 0.15) is 51.4 Å². The van der Waals surface area contributed by atoms with E-state index in [2.05, 4.69) is 0 Å². The molecule has 0 radical (unpaired) electrons. The van der Waals surface area contributed by atoms with Crippen LogP contribution >= 0.6 is 23.5 Å². The summed E-state index contributed by atoms with van der Waals surface area (Å²) in [6.07, 6.45) is 8.63. The van der Waals surface area contributed by atoms with Crippen molar-refractivity contribution in [1.82, 2.24) is 0 Å². The maximum absolute atomic E-state index is 12.2. The SMILES string of the molecule is O=C1OC(CSC2CCCC2)(C(=O)O)C(SC2CCCC2)C1=O. The van der Waals surface area contributed by atoms with Crippen molar-refractivity contribution >= 4 is 41.2 Å². The minimum absolute atomic E-state index is 0.175. The molecule has 1 aliphatic heterocycles. The molecule has 0 aromatic rings. The third kappa shape index (κ3) is 3.40. The van der Waals surface area contributed by atoms with Crippen molar-refractivity contribution in [3.05, 3.63) is 0 Å². The highest BCUT2D eigenvalue weighted by Crippen LogP contribution is 2.44. The minimum Gasteiger partial charge on any atom is -0.478 e. The lowest BCUT2D eigenvalue weighted by Gasteiger charge is -2.29. The van der Waals surface area contributed by atoms with E-state index in [1.165, 1.54) is 11.8 Å². The number of thioether (sulfide) groups is 2.